The molecule has 0 aliphatic carbocycles. The fraction of sp³-hybridized carbons (Fsp3) is 0.200. The maximum atomic E-state index is 12.1. The first-order valence-corrected chi connectivity index (χ1v) is 8.65. The van der Waals surface area contributed by atoms with Crippen molar-refractivity contribution in [3.05, 3.63) is 71.2 Å². The molecule has 0 fully saturated rings. The molecule has 0 bridgehead atoms. The molecule has 3 rings (SSSR count). The molecule has 2 aromatic heterocycles. The first-order chi connectivity index (χ1) is 13.1. The Balaban J connectivity index is 1.63. The summed E-state index contributed by atoms with van der Waals surface area (Å²) in [7, 11) is 0. The highest BCUT2D eigenvalue weighted by molar-refractivity contribution is 5.92. The lowest BCUT2D eigenvalue weighted by Gasteiger charge is -2.04. The smallest absolute Gasteiger partial charge is 0.269 e. The number of hydrogen-bond donors (Lipinski definition) is 2. The van der Waals surface area contributed by atoms with Crippen LogP contribution in [-0.4, -0.2) is 27.2 Å². The van der Waals surface area contributed by atoms with Gasteiger partial charge in [-0.05, 0) is 44.0 Å². The van der Waals surface area contributed by atoms with Crippen LogP contribution >= 0.6 is 0 Å². The monoisotopic (exact) mass is 360 g/mol. The van der Waals surface area contributed by atoms with Gasteiger partial charge in [0.15, 0.2) is 0 Å². The number of aromatic nitrogens is 3. The predicted octanol–water partition coefficient (Wildman–Crippen LogP) is 2.39. The van der Waals surface area contributed by atoms with Crippen molar-refractivity contribution in [2.24, 2.45) is 0 Å². The summed E-state index contributed by atoms with van der Waals surface area (Å²) in [5, 5.41) is 16.7. The van der Waals surface area contributed by atoms with Crippen molar-refractivity contribution in [1.82, 2.24) is 20.1 Å². The van der Waals surface area contributed by atoms with Gasteiger partial charge >= 0.3 is 0 Å². The number of aryl methyl sites for hydroxylation is 2. The minimum atomic E-state index is -0.214. The van der Waals surface area contributed by atoms with Crippen LogP contribution in [0.3, 0.4) is 0 Å². The highest BCUT2D eigenvalue weighted by Crippen LogP contribution is 2.21. The SMILES string of the molecule is Cc1cccc(C(=O)NCCCc2nn(-c3ccccc3)c(N)c2C#N)n1. The Hall–Kier alpha value is -3.66. The lowest BCUT2D eigenvalue weighted by Crippen LogP contribution is -2.25. The number of para-hydroxylation sites is 1. The van der Waals surface area contributed by atoms with Gasteiger partial charge in [0.05, 0.1) is 11.4 Å². The number of pyridine rings is 1. The van der Waals surface area contributed by atoms with Crippen LogP contribution in [0.1, 0.15) is 33.9 Å². The molecule has 2 heterocycles. The van der Waals surface area contributed by atoms with E-state index < -0.39 is 0 Å². The molecule has 0 aliphatic heterocycles. The summed E-state index contributed by atoms with van der Waals surface area (Å²) in [6.07, 6.45) is 1.17. The number of nitrogens with two attached hydrogens (primary N) is 1. The average Bonchev–Trinajstić information content (AvgIpc) is 3.01. The van der Waals surface area contributed by atoms with Gasteiger partial charge in [0.2, 0.25) is 0 Å². The first-order valence-electron chi connectivity index (χ1n) is 8.65. The summed E-state index contributed by atoms with van der Waals surface area (Å²) < 4.78 is 1.57. The normalized spacial score (nSPS) is 10.4. The quantitative estimate of drug-likeness (QED) is 0.656. The third-order valence-corrected chi connectivity index (χ3v) is 4.10. The number of hydrogen-bond acceptors (Lipinski definition) is 5. The molecular weight excluding hydrogens is 340 g/mol. The van der Waals surface area contributed by atoms with Crippen molar-refractivity contribution < 1.29 is 4.79 Å². The molecule has 0 unspecified atom stereocenters. The minimum absolute atomic E-state index is 0.214. The van der Waals surface area contributed by atoms with E-state index in [9.17, 15) is 10.1 Å². The van der Waals surface area contributed by atoms with Crippen LogP contribution in [0.2, 0.25) is 0 Å². The van der Waals surface area contributed by atoms with Crippen molar-refractivity contribution in [1.29, 1.82) is 5.26 Å². The van der Waals surface area contributed by atoms with Crippen molar-refractivity contribution in [3.63, 3.8) is 0 Å². The summed E-state index contributed by atoms with van der Waals surface area (Å²) in [6.45, 7) is 2.30. The second-order valence-corrected chi connectivity index (χ2v) is 6.09. The number of rotatable bonds is 6. The maximum Gasteiger partial charge on any atom is 0.269 e. The molecule has 3 N–H and O–H groups in total. The zero-order valence-electron chi connectivity index (χ0n) is 15.0. The number of benzene rings is 1. The molecule has 0 aliphatic rings. The fourth-order valence-electron chi connectivity index (χ4n) is 2.76. The van der Waals surface area contributed by atoms with Gasteiger partial charge in [0, 0.05) is 12.2 Å². The molecule has 136 valence electrons. The molecule has 0 spiro atoms. The van der Waals surface area contributed by atoms with Gasteiger partial charge in [-0.25, -0.2) is 9.67 Å². The maximum absolute atomic E-state index is 12.1. The van der Waals surface area contributed by atoms with Gasteiger partial charge in [-0.15, -0.1) is 0 Å². The van der Waals surface area contributed by atoms with Crippen LogP contribution in [0.5, 0.6) is 0 Å². The summed E-state index contributed by atoms with van der Waals surface area (Å²) in [4.78, 5) is 16.3. The molecule has 0 saturated heterocycles. The second kappa shape index (κ2) is 8.15. The standard InChI is InChI=1S/C20H20N6O/c1-14-7-5-10-18(24-14)20(27)23-12-6-11-17-16(13-21)19(22)26(25-17)15-8-3-2-4-9-15/h2-5,7-10H,6,11-12,22H2,1H3,(H,23,27). The van der Waals surface area contributed by atoms with Gasteiger partial charge in [-0.1, -0.05) is 24.3 Å². The Labute approximate surface area is 157 Å². The number of nitrogens with zero attached hydrogens (tertiary/aromatic N) is 4. The van der Waals surface area contributed by atoms with E-state index >= 15 is 0 Å². The first kappa shape index (κ1) is 18.1. The number of nitrogen functional groups attached to an aromatic ring is 1. The van der Waals surface area contributed by atoms with E-state index in [1.54, 1.807) is 16.8 Å². The summed E-state index contributed by atoms with van der Waals surface area (Å²) >= 11 is 0. The van der Waals surface area contributed by atoms with Crippen molar-refractivity contribution in [3.8, 4) is 11.8 Å². The Morgan fingerprint density at radius 1 is 1.22 bits per heavy atom. The van der Waals surface area contributed by atoms with Crippen LogP contribution in [-0.2, 0) is 6.42 Å². The summed E-state index contributed by atoms with van der Waals surface area (Å²) in [6, 6.07) is 16.9. The largest absolute Gasteiger partial charge is 0.382 e. The van der Waals surface area contributed by atoms with Crippen LogP contribution < -0.4 is 11.1 Å². The second-order valence-electron chi connectivity index (χ2n) is 6.09. The van der Waals surface area contributed by atoms with Gasteiger partial charge in [0.25, 0.3) is 5.91 Å². The Morgan fingerprint density at radius 3 is 2.70 bits per heavy atom. The van der Waals surface area contributed by atoms with Crippen molar-refractivity contribution >= 4 is 11.7 Å². The molecular formula is C20H20N6O. The zero-order valence-corrected chi connectivity index (χ0v) is 15.0. The summed E-state index contributed by atoms with van der Waals surface area (Å²) in [5.41, 5.74) is 9.09. The van der Waals surface area contributed by atoms with Crippen LogP contribution in [0.25, 0.3) is 5.69 Å². The average molecular weight is 360 g/mol. The minimum Gasteiger partial charge on any atom is -0.382 e. The lowest BCUT2D eigenvalue weighted by molar-refractivity contribution is 0.0948. The van der Waals surface area contributed by atoms with E-state index in [0.29, 0.717) is 42.2 Å². The van der Waals surface area contributed by atoms with Gasteiger partial charge in [0.1, 0.15) is 23.1 Å². The summed E-state index contributed by atoms with van der Waals surface area (Å²) in [5.74, 6) is 0.111. The molecule has 27 heavy (non-hydrogen) atoms. The number of nitriles is 1. The highest BCUT2D eigenvalue weighted by atomic mass is 16.1. The number of anilines is 1. The number of carbonyl (C=O) groups is 1. The molecule has 0 radical (unpaired) electrons. The topological polar surface area (TPSA) is 110 Å². The molecule has 3 aromatic rings. The van der Waals surface area contributed by atoms with Crippen molar-refractivity contribution in [2.75, 3.05) is 12.3 Å². The van der Waals surface area contributed by atoms with Crippen LogP contribution in [0, 0.1) is 18.3 Å². The van der Waals surface area contributed by atoms with Gasteiger partial charge < -0.3 is 11.1 Å². The molecule has 0 saturated carbocycles. The third kappa shape index (κ3) is 4.12. The Morgan fingerprint density at radius 2 is 2.00 bits per heavy atom. The van der Waals surface area contributed by atoms with E-state index in [-0.39, 0.29) is 5.91 Å². The highest BCUT2D eigenvalue weighted by Gasteiger charge is 2.16. The lowest BCUT2D eigenvalue weighted by atomic mass is 10.1. The third-order valence-electron chi connectivity index (χ3n) is 4.10. The Bertz CT molecular complexity index is 987. The molecule has 0 atom stereocenters. The van der Waals surface area contributed by atoms with E-state index in [1.165, 1.54) is 0 Å². The number of carbonyl (C=O) groups excluding carboxylic acids is 1. The number of amides is 1. The van der Waals surface area contributed by atoms with Crippen LogP contribution in [0.4, 0.5) is 5.82 Å². The van der Waals surface area contributed by atoms with Crippen molar-refractivity contribution in [2.45, 2.75) is 19.8 Å². The molecule has 1 aromatic carbocycles. The fourth-order valence-corrected chi connectivity index (χ4v) is 2.76. The number of nitrogens with one attached hydrogen (secondary N) is 1. The Kier molecular flexibility index (Phi) is 5.47. The molecule has 7 heteroatoms. The van der Waals surface area contributed by atoms with Gasteiger partial charge in [-0.2, -0.15) is 10.4 Å². The van der Waals surface area contributed by atoms with E-state index in [0.717, 1.165) is 11.4 Å². The predicted molar refractivity (Wildman–Crippen MR) is 102 cm³/mol. The zero-order chi connectivity index (χ0) is 19.2. The van der Waals surface area contributed by atoms with E-state index in [2.05, 4.69) is 21.5 Å². The van der Waals surface area contributed by atoms with E-state index in [4.69, 9.17) is 5.73 Å². The van der Waals surface area contributed by atoms with Crippen LogP contribution in [0.15, 0.2) is 48.5 Å². The van der Waals surface area contributed by atoms with E-state index in [1.807, 2.05) is 43.3 Å². The van der Waals surface area contributed by atoms with Gasteiger partial charge in [-0.3, -0.25) is 4.79 Å². The molecule has 7 nitrogen and oxygen atoms in total. The molecule has 1 amide bonds.